The molecule has 230 valence electrons. The maximum atomic E-state index is 13.8. The van der Waals surface area contributed by atoms with E-state index < -0.39 is 45.5 Å². The van der Waals surface area contributed by atoms with Crippen molar-refractivity contribution in [1.29, 1.82) is 0 Å². The molecular weight excluding hydrogens is 596 g/mol. The standard InChI is InChI=1S/C28H28F4N4O6S/c1-16-11-19(25(38)35-14-20(37)15-35)12-17(2)21(16)5-10-43(40,41)36-8-6-27(7-9-36)26(39)33-24(34-27)18-3-4-22(29)23(13-18)42-28(30,31)32/h3-5,10-13,20,37H,6-9,14-15H2,1-2H3,(H,33,34,39)/b10-5+. The lowest BCUT2D eigenvalue weighted by molar-refractivity contribution is -0.275. The van der Waals surface area contributed by atoms with Crippen LogP contribution in [0.15, 0.2) is 40.7 Å². The minimum Gasteiger partial charge on any atom is -0.403 e. The first kappa shape index (κ1) is 30.6. The number of carbonyl (C=O) groups excluding carboxylic acids is 2. The summed E-state index contributed by atoms with van der Waals surface area (Å²) in [5.74, 6) is -3.12. The smallest absolute Gasteiger partial charge is 0.403 e. The van der Waals surface area contributed by atoms with Gasteiger partial charge in [-0.2, -0.15) is 4.31 Å². The third-order valence-corrected chi connectivity index (χ3v) is 9.28. The van der Waals surface area contributed by atoms with E-state index in [-0.39, 0.29) is 56.3 Å². The van der Waals surface area contributed by atoms with Crippen molar-refractivity contribution >= 4 is 33.7 Å². The number of nitrogens with one attached hydrogen (secondary N) is 1. The Hall–Kier alpha value is -3.82. The monoisotopic (exact) mass is 624 g/mol. The first-order valence-electron chi connectivity index (χ1n) is 13.3. The summed E-state index contributed by atoms with van der Waals surface area (Å²) < 4.78 is 83.0. The molecule has 2 N–H and O–H groups in total. The average molecular weight is 625 g/mol. The van der Waals surface area contributed by atoms with Crippen LogP contribution in [0.5, 0.6) is 5.75 Å². The summed E-state index contributed by atoms with van der Waals surface area (Å²) in [7, 11) is -3.91. The van der Waals surface area contributed by atoms with E-state index in [9.17, 15) is 40.7 Å². The predicted molar refractivity (Wildman–Crippen MR) is 147 cm³/mol. The first-order valence-corrected chi connectivity index (χ1v) is 14.8. The largest absolute Gasteiger partial charge is 0.573 e. The molecule has 3 heterocycles. The number of aliphatic hydroxyl groups is 1. The Bertz CT molecular complexity index is 1620. The molecule has 0 unspecified atom stereocenters. The number of rotatable bonds is 6. The Kier molecular flexibility index (Phi) is 7.86. The molecule has 2 fully saturated rings. The van der Waals surface area contributed by atoms with Crippen LogP contribution in [-0.2, 0) is 14.8 Å². The zero-order valence-corrected chi connectivity index (χ0v) is 23.9. The topological polar surface area (TPSA) is 129 Å². The summed E-state index contributed by atoms with van der Waals surface area (Å²) in [6.45, 7) is 3.98. The highest BCUT2D eigenvalue weighted by Gasteiger charge is 2.47. The number of β-amino-alcohol motifs (C(OH)–C–C–N with tert-alkyl or cyclic N) is 1. The van der Waals surface area contributed by atoms with Crippen molar-refractivity contribution in [3.05, 3.63) is 69.4 Å². The van der Waals surface area contributed by atoms with Gasteiger partial charge in [-0.1, -0.05) is 0 Å². The molecule has 0 aliphatic carbocycles. The molecule has 2 aromatic carbocycles. The fourth-order valence-corrected chi connectivity index (χ4v) is 6.53. The summed E-state index contributed by atoms with van der Waals surface area (Å²) in [6.07, 6.45) is -4.15. The number of aliphatic hydroxyl groups excluding tert-OH is 1. The minimum atomic E-state index is -5.12. The second kappa shape index (κ2) is 11.0. The Morgan fingerprint density at radius 1 is 1.14 bits per heavy atom. The molecule has 0 bridgehead atoms. The van der Waals surface area contributed by atoms with Gasteiger partial charge in [0.1, 0.15) is 11.4 Å². The first-order chi connectivity index (χ1) is 20.1. The normalized spacial score (nSPS) is 19.5. The van der Waals surface area contributed by atoms with Gasteiger partial charge in [0.25, 0.3) is 11.8 Å². The van der Waals surface area contributed by atoms with E-state index in [4.69, 9.17) is 0 Å². The fraction of sp³-hybridized carbons (Fsp3) is 0.393. The number of halogens is 4. The number of carbonyl (C=O) groups is 2. The molecule has 0 atom stereocenters. The number of benzene rings is 2. The summed E-state index contributed by atoms with van der Waals surface area (Å²) in [4.78, 5) is 31.4. The highest BCUT2D eigenvalue weighted by molar-refractivity contribution is 7.92. The maximum absolute atomic E-state index is 13.8. The molecule has 0 radical (unpaired) electrons. The SMILES string of the molecule is Cc1cc(C(=O)N2CC(O)C2)cc(C)c1/C=C/S(=O)(=O)N1CCC2(CC1)N=C(c1ccc(F)c(OC(F)(F)F)c1)NC2=O. The lowest BCUT2D eigenvalue weighted by atomic mass is 9.89. The number of sulfonamides is 1. The third-order valence-electron chi connectivity index (χ3n) is 7.72. The summed E-state index contributed by atoms with van der Waals surface area (Å²) in [5.41, 5.74) is 1.15. The molecule has 2 aromatic rings. The second-order valence-corrected chi connectivity index (χ2v) is 12.6. The highest BCUT2D eigenvalue weighted by atomic mass is 32.2. The Balaban J connectivity index is 1.27. The van der Waals surface area contributed by atoms with E-state index in [1.807, 2.05) is 0 Å². The van der Waals surface area contributed by atoms with Crippen molar-refractivity contribution in [1.82, 2.24) is 14.5 Å². The molecule has 10 nitrogen and oxygen atoms in total. The van der Waals surface area contributed by atoms with Gasteiger partial charge in [0.15, 0.2) is 11.6 Å². The molecule has 2 amide bonds. The van der Waals surface area contributed by atoms with E-state index in [2.05, 4.69) is 15.0 Å². The number of amides is 2. The van der Waals surface area contributed by atoms with E-state index in [1.54, 1.807) is 26.0 Å². The van der Waals surface area contributed by atoms with Crippen LogP contribution in [0.2, 0.25) is 0 Å². The number of aliphatic imine (C=N–C) groups is 1. The van der Waals surface area contributed by atoms with Gasteiger partial charge in [-0.25, -0.2) is 12.8 Å². The number of piperidine rings is 1. The van der Waals surface area contributed by atoms with E-state index in [0.29, 0.717) is 22.3 Å². The van der Waals surface area contributed by atoms with Crippen molar-refractivity contribution < 1.29 is 45.4 Å². The summed E-state index contributed by atoms with van der Waals surface area (Å²) in [5, 5.41) is 13.0. The van der Waals surface area contributed by atoms with Gasteiger partial charge < -0.3 is 20.1 Å². The van der Waals surface area contributed by atoms with Crippen molar-refractivity contribution in [2.45, 2.75) is 44.7 Å². The fourth-order valence-electron chi connectivity index (χ4n) is 5.36. The van der Waals surface area contributed by atoms with Crippen LogP contribution in [0.4, 0.5) is 17.6 Å². The number of nitrogens with zero attached hydrogens (tertiary/aromatic N) is 3. The molecule has 3 aliphatic rings. The molecule has 2 saturated heterocycles. The summed E-state index contributed by atoms with van der Waals surface area (Å²) >= 11 is 0. The molecule has 43 heavy (non-hydrogen) atoms. The predicted octanol–water partition coefficient (Wildman–Crippen LogP) is 2.87. The molecule has 0 saturated carbocycles. The van der Waals surface area contributed by atoms with Gasteiger partial charge in [0.2, 0.25) is 10.0 Å². The van der Waals surface area contributed by atoms with Gasteiger partial charge >= 0.3 is 6.36 Å². The van der Waals surface area contributed by atoms with Crippen LogP contribution in [0, 0.1) is 19.7 Å². The minimum absolute atomic E-state index is 0.00443. The van der Waals surface area contributed by atoms with E-state index in [1.165, 1.54) is 15.3 Å². The molecular formula is C28H28F4N4O6S. The maximum Gasteiger partial charge on any atom is 0.573 e. The zero-order chi connectivity index (χ0) is 31.3. The van der Waals surface area contributed by atoms with Crippen molar-refractivity contribution in [3.63, 3.8) is 0 Å². The van der Waals surface area contributed by atoms with Crippen LogP contribution in [0.3, 0.4) is 0 Å². The van der Waals surface area contributed by atoms with E-state index >= 15 is 0 Å². The number of likely N-dealkylation sites (tertiary alicyclic amines) is 1. The van der Waals surface area contributed by atoms with Gasteiger partial charge in [0.05, 0.1) is 6.10 Å². The van der Waals surface area contributed by atoms with Gasteiger partial charge in [-0.15, -0.1) is 13.2 Å². The summed E-state index contributed by atoms with van der Waals surface area (Å²) in [6, 6.07) is 6.05. The lowest BCUT2D eigenvalue weighted by Crippen LogP contribution is -2.53. The van der Waals surface area contributed by atoms with E-state index in [0.717, 1.165) is 23.6 Å². The molecule has 5 rings (SSSR count). The van der Waals surface area contributed by atoms with Crippen molar-refractivity contribution in [2.24, 2.45) is 4.99 Å². The number of hydrogen-bond donors (Lipinski definition) is 2. The number of hydrogen-bond acceptors (Lipinski definition) is 7. The zero-order valence-electron chi connectivity index (χ0n) is 23.1. The van der Waals surface area contributed by atoms with Crippen molar-refractivity contribution in [3.8, 4) is 5.75 Å². The average Bonchev–Trinajstić information content (AvgIpc) is 3.21. The molecule has 3 aliphatic heterocycles. The van der Waals surface area contributed by atoms with Crippen LogP contribution in [0.25, 0.3) is 6.08 Å². The Morgan fingerprint density at radius 2 is 1.77 bits per heavy atom. The second-order valence-electron chi connectivity index (χ2n) is 10.8. The van der Waals surface area contributed by atoms with Crippen LogP contribution >= 0.6 is 0 Å². The highest BCUT2D eigenvalue weighted by Crippen LogP contribution is 2.34. The molecule has 15 heteroatoms. The number of ether oxygens (including phenoxy) is 1. The Morgan fingerprint density at radius 3 is 2.35 bits per heavy atom. The number of alkyl halides is 3. The van der Waals surface area contributed by atoms with Crippen molar-refractivity contribution in [2.75, 3.05) is 26.2 Å². The third kappa shape index (κ3) is 6.28. The quantitative estimate of drug-likeness (QED) is 0.476. The number of amidine groups is 1. The lowest BCUT2D eigenvalue weighted by Gasteiger charge is -2.36. The van der Waals surface area contributed by atoms with Gasteiger partial charge in [-0.05, 0) is 79.8 Å². The van der Waals surface area contributed by atoms with Gasteiger partial charge in [-0.3, -0.25) is 14.6 Å². The molecule has 1 spiro atoms. The Labute approximate surface area is 244 Å². The van der Waals surface area contributed by atoms with Gasteiger partial charge in [0, 0.05) is 42.7 Å². The van der Waals surface area contributed by atoms with Crippen LogP contribution in [-0.4, -0.2) is 84.6 Å². The van der Waals surface area contributed by atoms with Crippen LogP contribution in [0.1, 0.15) is 45.5 Å². The van der Waals surface area contributed by atoms with Crippen LogP contribution < -0.4 is 10.1 Å². The number of aryl methyl sites for hydroxylation is 2. The molecule has 0 aromatic heterocycles.